The standard InChI is InChI=1S/C14H24ClN3O2/c1-3-5-7-12-17-11(14(15)18-12)10-16-9-6-8-13(19)20-4-2/h16H,3-10H2,1-2H3,(H,17,18). The van der Waals surface area contributed by atoms with Crippen molar-refractivity contribution in [3.05, 3.63) is 16.7 Å². The molecule has 0 aliphatic carbocycles. The summed E-state index contributed by atoms with van der Waals surface area (Å²) in [6, 6.07) is 0. The number of H-pyrrole nitrogens is 1. The number of nitrogens with zero attached hydrogens (tertiary/aromatic N) is 1. The normalized spacial score (nSPS) is 10.8. The Hall–Kier alpha value is -1.07. The highest BCUT2D eigenvalue weighted by molar-refractivity contribution is 6.30. The molecule has 1 rings (SSSR count). The fourth-order valence-electron chi connectivity index (χ4n) is 1.82. The van der Waals surface area contributed by atoms with E-state index in [-0.39, 0.29) is 5.97 Å². The zero-order chi connectivity index (χ0) is 14.8. The van der Waals surface area contributed by atoms with E-state index in [0.717, 1.165) is 43.7 Å². The molecule has 0 aromatic carbocycles. The molecule has 0 atom stereocenters. The fourth-order valence-corrected chi connectivity index (χ4v) is 2.04. The summed E-state index contributed by atoms with van der Waals surface area (Å²) < 4.78 is 4.86. The van der Waals surface area contributed by atoms with Gasteiger partial charge in [-0.25, -0.2) is 4.98 Å². The van der Waals surface area contributed by atoms with Crippen LogP contribution in [0.25, 0.3) is 0 Å². The Morgan fingerprint density at radius 2 is 2.20 bits per heavy atom. The second-order valence-electron chi connectivity index (χ2n) is 4.64. The minimum Gasteiger partial charge on any atom is -0.466 e. The molecule has 0 bridgehead atoms. The van der Waals surface area contributed by atoms with Gasteiger partial charge in [-0.3, -0.25) is 4.79 Å². The van der Waals surface area contributed by atoms with Crippen LogP contribution in [0.4, 0.5) is 0 Å². The highest BCUT2D eigenvalue weighted by Gasteiger charge is 2.07. The summed E-state index contributed by atoms with van der Waals surface area (Å²) in [6.07, 6.45) is 4.38. The molecule has 0 unspecified atom stereocenters. The summed E-state index contributed by atoms with van der Waals surface area (Å²) in [5.41, 5.74) is 0.911. The van der Waals surface area contributed by atoms with Gasteiger partial charge in [0.1, 0.15) is 5.82 Å². The quantitative estimate of drug-likeness (QED) is 0.515. The second-order valence-corrected chi connectivity index (χ2v) is 5.00. The maximum Gasteiger partial charge on any atom is 0.305 e. The zero-order valence-electron chi connectivity index (χ0n) is 12.3. The van der Waals surface area contributed by atoms with Crippen LogP contribution >= 0.6 is 11.6 Å². The number of ether oxygens (including phenoxy) is 1. The summed E-state index contributed by atoms with van der Waals surface area (Å²) in [4.78, 5) is 18.7. The van der Waals surface area contributed by atoms with E-state index in [4.69, 9.17) is 16.3 Å². The number of carbonyl (C=O) groups is 1. The SMILES string of the molecule is CCCCc1nc(Cl)c(CNCCCC(=O)OCC)[nH]1. The Morgan fingerprint density at radius 1 is 1.40 bits per heavy atom. The molecule has 2 N–H and O–H groups in total. The van der Waals surface area contributed by atoms with Gasteiger partial charge in [-0.2, -0.15) is 0 Å². The predicted octanol–water partition coefficient (Wildman–Crippen LogP) is 2.84. The summed E-state index contributed by atoms with van der Waals surface area (Å²) >= 11 is 6.07. The van der Waals surface area contributed by atoms with Crippen molar-refractivity contribution in [3.8, 4) is 0 Å². The lowest BCUT2D eigenvalue weighted by Gasteiger charge is -2.04. The van der Waals surface area contributed by atoms with Gasteiger partial charge in [-0.1, -0.05) is 24.9 Å². The Labute approximate surface area is 125 Å². The summed E-state index contributed by atoms with van der Waals surface area (Å²) in [5.74, 6) is 0.802. The topological polar surface area (TPSA) is 67.0 Å². The van der Waals surface area contributed by atoms with E-state index < -0.39 is 0 Å². The highest BCUT2D eigenvalue weighted by Crippen LogP contribution is 2.13. The number of unbranched alkanes of at least 4 members (excludes halogenated alkanes) is 1. The van der Waals surface area contributed by atoms with E-state index in [1.807, 2.05) is 6.92 Å². The lowest BCUT2D eigenvalue weighted by atomic mass is 10.2. The maximum absolute atomic E-state index is 11.1. The smallest absolute Gasteiger partial charge is 0.305 e. The minimum absolute atomic E-state index is 0.143. The monoisotopic (exact) mass is 301 g/mol. The molecule has 1 heterocycles. The highest BCUT2D eigenvalue weighted by atomic mass is 35.5. The van der Waals surface area contributed by atoms with Gasteiger partial charge in [0.05, 0.1) is 12.3 Å². The van der Waals surface area contributed by atoms with Crippen LogP contribution in [-0.4, -0.2) is 29.1 Å². The van der Waals surface area contributed by atoms with Crippen LogP contribution in [-0.2, 0) is 22.5 Å². The van der Waals surface area contributed by atoms with Crippen LogP contribution in [0.15, 0.2) is 0 Å². The number of esters is 1. The van der Waals surface area contributed by atoms with Crippen LogP contribution in [0.3, 0.4) is 0 Å². The van der Waals surface area contributed by atoms with Crippen LogP contribution in [0.2, 0.25) is 5.15 Å². The van der Waals surface area contributed by atoms with Gasteiger partial charge in [0.2, 0.25) is 0 Å². The van der Waals surface area contributed by atoms with E-state index in [9.17, 15) is 4.79 Å². The molecule has 0 fully saturated rings. The first kappa shape index (κ1) is 17.0. The molecular formula is C14H24ClN3O2. The fraction of sp³-hybridized carbons (Fsp3) is 0.714. The molecule has 0 saturated carbocycles. The van der Waals surface area contributed by atoms with Gasteiger partial charge in [-0.05, 0) is 26.3 Å². The van der Waals surface area contributed by atoms with Crippen molar-refractivity contribution in [3.63, 3.8) is 0 Å². The number of aromatic amines is 1. The Bertz CT molecular complexity index is 407. The molecule has 6 heteroatoms. The first-order chi connectivity index (χ1) is 9.67. The zero-order valence-corrected chi connectivity index (χ0v) is 13.1. The number of imidazole rings is 1. The van der Waals surface area contributed by atoms with Gasteiger partial charge < -0.3 is 15.0 Å². The third kappa shape index (κ3) is 6.39. The molecule has 20 heavy (non-hydrogen) atoms. The Morgan fingerprint density at radius 3 is 2.90 bits per heavy atom. The average molecular weight is 302 g/mol. The summed E-state index contributed by atoms with van der Waals surface area (Å²) in [5, 5.41) is 3.78. The molecule has 114 valence electrons. The van der Waals surface area contributed by atoms with E-state index in [1.165, 1.54) is 0 Å². The van der Waals surface area contributed by atoms with Crippen molar-refractivity contribution >= 4 is 17.6 Å². The molecule has 1 aromatic rings. The van der Waals surface area contributed by atoms with Gasteiger partial charge >= 0.3 is 5.97 Å². The average Bonchev–Trinajstić information content (AvgIpc) is 2.77. The molecule has 0 spiro atoms. The summed E-state index contributed by atoms with van der Waals surface area (Å²) in [6.45, 7) is 5.79. The first-order valence-electron chi connectivity index (χ1n) is 7.27. The number of rotatable bonds is 10. The minimum atomic E-state index is -0.143. The van der Waals surface area contributed by atoms with Crippen molar-refractivity contribution in [2.45, 2.75) is 52.5 Å². The van der Waals surface area contributed by atoms with Crippen molar-refractivity contribution in [1.29, 1.82) is 0 Å². The molecule has 0 amide bonds. The number of hydrogen-bond acceptors (Lipinski definition) is 4. The molecule has 1 aromatic heterocycles. The summed E-state index contributed by atoms with van der Waals surface area (Å²) in [7, 11) is 0. The van der Waals surface area contributed by atoms with Crippen molar-refractivity contribution in [1.82, 2.24) is 15.3 Å². The number of carbonyl (C=O) groups excluding carboxylic acids is 1. The van der Waals surface area contributed by atoms with Crippen LogP contribution in [0.1, 0.15) is 51.0 Å². The molecule has 0 aliphatic heterocycles. The van der Waals surface area contributed by atoms with E-state index >= 15 is 0 Å². The predicted molar refractivity (Wildman–Crippen MR) is 79.8 cm³/mol. The van der Waals surface area contributed by atoms with Crippen molar-refractivity contribution in [2.24, 2.45) is 0 Å². The third-order valence-electron chi connectivity index (χ3n) is 2.89. The largest absolute Gasteiger partial charge is 0.466 e. The Balaban J connectivity index is 2.21. The number of hydrogen-bond donors (Lipinski definition) is 2. The van der Waals surface area contributed by atoms with Gasteiger partial charge in [0.15, 0.2) is 5.15 Å². The number of halogens is 1. The number of nitrogens with one attached hydrogen (secondary N) is 2. The van der Waals surface area contributed by atoms with Crippen molar-refractivity contribution < 1.29 is 9.53 Å². The number of aromatic nitrogens is 2. The van der Waals surface area contributed by atoms with Crippen LogP contribution in [0.5, 0.6) is 0 Å². The molecule has 0 radical (unpaired) electrons. The number of aryl methyl sites for hydroxylation is 1. The first-order valence-corrected chi connectivity index (χ1v) is 7.64. The third-order valence-corrected chi connectivity index (χ3v) is 3.20. The molecular weight excluding hydrogens is 278 g/mol. The lowest BCUT2D eigenvalue weighted by Crippen LogP contribution is -2.17. The van der Waals surface area contributed by atoms with E-state index in [2.05, 4.69) is 22.2 Å². The molecule has 0 aliphatic rings. The molecule has 0 saturated heterocycles. The lowest BCUT2D eigenvalue weighted by molar-refractivity contribution is -0.143. The maximum atomic E-state index is 11.1. The molecule has 5 nitrogen and oxygen atoms in total. The van der Waals surface area contributed by atoms with Crippen molar-refractivity contribution in [2.75, 3.05) is 13.2 Å². The van der Waals surface area contributed by atoms with Gasteiger partial charge in [0.25, 0.3) is 0 Å². The van der Waals surface area contributed by atoms with E-state index in [0.29, 0.717) is 24.7 Å². The van der Waals surface area contributed by atoms with E-state index in [1.54, 1.807) is 0 Å². The van der Waals surface area contributed by atoms with Gasteiger partial charge in [0, 0.05) is 19.4 Å². The second kappa shape index (κ2) is 9.77. The Kier molecular flexibility index (Phi) is 8.30. The van der Waals surface area contributed by atoms with Crippen LogP contribution in [0, 0.1) is 0 Å². The van der Waals surface area contributed by atoms with Gasteiger partial charge in [-0.15, -0.1) is 0 Å². The van der Waals surface area contributed by atoms with Crippen LogP contribution < -0.4 is 5.32 Å².